The minimum Gasteiger partial charge on any atom is -0.444 e. The maximum absolute atomic E-state index is 13.6. The molecule has 216 valence electrons. The van der Waals surface area contributed by atoms with Crippen LogP contribution in [-0.2, 0) is 16.0 Å². The minimum atomic E-state index is -0.534. The molecule has 0 unspecified atom stereocenters. The Kier molecular flexibility index (Phi) is 8.25. The summed E-state index contributed by atoms with van der Waals surface area (Å²) in [7, 11) is 0. The second-order valence-corrected chi connectivity index (χ2v) is 12.2. The van der Waals surface area contributed by atoms with Gasteiger partial charge in [-0.15, -0.1) is 0 Å². The van der Waals surface area contributed by atoms with Gasteiger partial charge in [-0.2, -0.15) is 5.26 Å². The lowest BCUT2D eigenvalue weighted by atomic mass is 10.0. The van der Waals surface area contributed by atoms with Gasteiger partial charge in [0.1, 0.15) is 11.6 Å². The number of aromatic nitrogens is 2. The van der Waals surface area contributed by atoms with Gasteiger partial charge in [0.15, 0.2) is 5.82 Å². The van der Waals surface area contributed by atoms with Crippen molar-refractivity contribution in [2.24, 2.45) is 0 Å². The third kappa shape index (κ3) is 6.84. The average molecular weight is 559 g/mol. The Bertz CT molecular complexity index is 1300. The van der Waals surface area contributed by atoms with Crippen LogP contribution in [0.3, 0.4) is 0 Å². The van der Waals surface area contributed by atoms with Gasteiger partial charge in [0.25, 0.3) is 5.91 Å². The molecule has 41 heavy (non-hydrogen) atoms. The van der Waals surface area contributed by atoms with E-state index < -0.39 is 5.60 Å². The van der Waals surface area contributed by atoms with Crippen molar-refractivity contribution >= 4 is 17.9 Å². The van der Waals surface area contributed by atoms with E-state index in [-0.39, 0.29) is 42.5 Å². The number of hydrogen-bond acceptors (Lipinski definition) is 7. The third-order valence-corrected chi connectivity index (χ3v) is 7.87. The molecule has 1 aromatic heterocycles. The molecule has 2 aromatic rings. The topological polar surface area (TPSA) is 120 Å². The summed E-state index contributed by atoms with van der Waals surface area (Å²) in [4.78, 5) is 53.0. The van der Waals surface area contributed by atoms with Crippen molar-refractivity contribution in [3.05, 3.63) is 47.8 Å². The summed E-state index contributed by atoms with van der Waals surface area (Å²) in [5, 5.41) is 9.25. The molecule has 10 heteroatoms. The van der Waals surface area contributed by atoms with Gasteiger partial charge < -0.3 is 19.4 Å². The maximum Gasteiger partial charge on any atom is 0.410 e. The van der Waals surface area contributed by atoms with Crippen molar-refractivity contribution in [3.63, 3.8) is 0 Å². The molecule has 1 atom stereocenters. The second-order valence-electron chi connectivity index (χ2n) is 12.2. The molecule has 3 heterocycles. The number of amides is 3. The van der Waals surface area contributed by atoms with Gasteiger partial charge in [-0.3, -0.25) is 9.59 Å². The fraction of sp³-hybridized carbons (Fsp3) is 0.548. The molecule has 0 bridgehead atoms. The van der Waals surface area contributed by atoms with E-state index in [1.165, 1.54) is 0 Å². The number of carbonyl (C=O) groups is 3. The first-order chi connectivity index (χ1) is 19.6. The molecule has 3 amide bonds. The predicted octanol–water partition coefficient (Wildman–Crippen LogP) is 4.20. The lowest BCUT2D eigenvalue weighted by Crippen LogP contribution is -2.50. The van der Waals surface area contributed by atoms with Gasteiger partial charge in [0.2, 0.25) is 5.91 Å². The first-order valence-corrected chi connectivity index (χ1v) is 14.5. The Morgan fingerprint density at radius 3 is 2.20 bits per heavy atom. The quantitative estimate of drug-likeness (QED) is 0.521. The average Bonchev–Trinajstić information content (AvgIpc) is 3.67. The van der Waals surface area contributed by atoms with Crippen LogP contribution in [-0.4, -0.2) is 85.9 Å². The zero-order valence-electron chi connectivity index (χ0n) is 24.1. The summed E-state index contributed by atoms with van der Waals surface area (Å²) in [5.74, 6) is 0.407. The Labute approximate surface area is 241 Å². The predicted molar refractivity (Wildman–Crippen MR) is 152 cm³/mol. The monoisotopic (exact) mass is 558 g/mol. The molecule has 0 spiro atoms. The number of piperidine rings is 1. The van der Waals surface area contributed by atoms with Crippen molar-refractivity contribution in [2.45, 2.75) is 89.4 Å². The Balaban J connectivity index is 1.19. The highest BCUT2D eigenvalue weighted by atomic mass is 16.6. The fourth-order valence-electron chi connectivity index (χ4n) is 5.62. The molecule has 5 rings (SSSR count). The van der Waals surface area contributed by atoms with Gasteiger partial charge in [0, 0.05) is 49.7 Å². The first kappa shape index (κ1) is 28.5. The zero-order valence-corrected chi connectivity index (χ0v) is 24.1. The molecule has 0 N–H and O–H groups in total. The van der Waals surface area contributed by atoms with Gasteiger partial charge in [-0.05, 0) is 64.9 Å². The number of nitriles is 1. The lowest BCUT2D eigenvalue weighted by Gasteiger charge is -2.39. The number of ether oxygens (including phenoxy) is 1. The highest BCUT2D eigenvalue weighted by Crippen LogP contribution is 2.33. The van der Waals surface area contributed by atoms with E-state index in [2.05, 4.69) is 16.0 Å². The van der Waals surface area contributed by atoms with Crippen molar-refractivity contribution in [1.82, 2.24) is 24.7 Å². The second kappa shape index (κ2) is 11.9. The van der Waals surface area contributed by atoms with E-state index in [0.29, 0.717) is 43.9 Å². The fourth-order valence-corrected chi connectivity index (χ4v) is 5.62. The summed E-state index contributed by atoms with van der Waals surface area (Å²) >= 11 is 0. The van der Waals surface area contributed by atoms with Crippen molar-refractivity contribution in [3.8, 4) is 17.5 Å². The van der Waals surface area contributed by atoms with Crippen LogP contribution >= 0.6 is 0 Å². The largest absolute Gasteiger partial charge is 0.444 e. The van der Waals surface area contributed by atoms with Gasteiger partial charge in [-0.25, -0.2) is 14.8 Å². The van der Waals surface area contributed by atoms with E-state index in [1.54, 1.807) is 22.2 Å². The number of benzene rings is 1. The number of carbonyl (C=O) groups excluding carboxylic acids is 3. The number of likely N-dealkylation sites (tertiary alicyclic amines) is 2. The van der Waals surface area contributed by atoms with Crippen molar-refractivity contribution in [1.29, 1.82) is 5.26 Å². The first-order valence-electron chi connectivity index (χ1n) is 14.5. The lowest BCUT2D eigenvalue weighted by molar-refractivity contribution is -0.130. The normalized spacial score (nSPS) is 19.5. The molecule has 2 aliphatic heterocycles. The number of nitrogens with zero attached hydrogens (tertiary/aromatic N) is 6. The number of rotatable bonds is 6. The molecule has 3 aliphatic rings. The van der Waals surface area contributed by atoms with Gasteiger partial charge in [0.05, 0.1) is 18.1 Å². The highest BCUT2D eigenvalue weighted by molar-refractivity contribution is 5.94. The van der Waals surface area contributed by atoms with E-state index in [0.717, 1.165) is 36.8 Å². The highest BCUT2D eigenvalue weighted by Gasteiger charge is 2.40. The van der Waals surface area contributed by atoms with Crippen LogP contribution < -0.4 is 0 Å². The van der Waals surface area contributed by atoms with E-state index in [4.69, 9.17) is 4.74 Å². The van der Waals surface area contributed by atoms with E-state index in [1.807, 2.05) is 49.9 Å². The standard InChI is InChI=1S/C31H38N6O4/c1-31(2,3)41-30(40)35-15-12-25(13-16-35)37(24-10-11-24)29(39)23-19-33-28(34-20-23)22-8-6-21(7-9-22)17-27(38)36-14-4-5-26(36)18-32/h6-9,19-20,24-26H,4-5,10-17H2,1-3H3/t26-/m0/s1. The summed E-state index contributed by atoms with van der Waals surface area (Å²) in [6.45, 7) is 7.33. The van der Waals surface area contributed by atoms with Crippen LogP contribution in [0.5, 0.6) is 0 Å². The SMILES string of the molecule is CC(C)(C)OC(=O)N1CCC(N(C(=O)c2cnc(-c3ccc(CC(=O)N4CCC[C@H]4C#N)cc3)nc2)C2CC2)CC1. The molecular weight excluding hydrogens is 520 g/mol. The summed E-state index contributed by atoms with van der Waals surface area (Å²) in [5.41, 5.74) is 1.58. The van der Waals surface area contributed by atoms with Crippen LogP contribution in [0, 0.1) is 11.3 Å². The van der Waals surface area contributed by atoms with Gasteiger partial charge >= 0.3 is 6.09 Å². The smallest absolute Gasteiger partial charge is 0.410 e. The van der Waals surface area contributed by atoms with E-state index >= 15 is 0 Å². The zero-order chi connectivity index (χ0) is 29.1. The Morgan fingerprint density at radius 1 is 0.976 bits per heavy atom. The third-order valence-electron chi connectivity index (χ3n) is 7.87. The minimum absolute atomic E-state index is 0.0309. The Hall–Kier alpha value is -4.00. The van der Waals surface area contributed by atoms with Gasteiger partial charge in [-0.1, -0.05) is 24.3 Å². The Morgan fingerprint density at radius 2 is 1.61 bits per heavy atom. The molecule has 1 saturated carbocycles. The van der Waals surface area contributed by atoms with E-state index in [9.17, 15) is 19.6 Å². The van der Waals surface area contributed by atoms with Crippen molar-refractivity contribution in [2.75, 3.05) is 19.6 Å². The van der Waals surface area contributed by atoms with Crippen LogP contribution in [0.4, 0.5) is 4.79 Å². The molecule has 3 fully saturated rings. The molecule has 2 saturated heterocycles. The summed E-state index contributed by atoms with van der Waals surface area (Å²) in [6.07, 6.45) is 8.12. The number of hydrogen-bond donors (Lipinski definition) is 0. The molecule has 0 radical (unpaired) electrons. The molecular formula is C31H38N6O4. The van der Waals surface area contributed by atoms with Crippen LogP contribution in [0.2, 0.25) is 0 Å². The molecule has 10 nitrogen and oxygen atoms in total. The summed E-state index contributed by atoms with van der Waals surface area (Å²) in [6, 6.07) is 9.69. The molecule has 1 aromatic carbocycles. The van der Waals surface area contributed by atoms with Crippen LogP contribution in [0.1, 0.15) is 75.2 Å². The van der Waals surface area contributed by atoms with Crippen molar-refractivity contribution < 1.29 is 19.1 Å². The van der Waals surface area contributed by atoms with Crippen LogP contribution in [0.25, 0.3) is 11.4 Å². The maximum atomic E-state index is 13.6. The van der Waals surface area contributed by atoms with Crippen LogP contribution in [0.15, 0.2) is 36.7 Å². The summed E-state index contributed by atoms with van der Waals surface area (Å²) < 4.78 is 5.51. The molecule has 1 aliphatic carbocycles.